The average molecular weight is 353 g/mol. The summed E-state index contributed by atoms with van der Waals surface area (Å²) in [6.45, 7) is 0.302. The zero-order valence-corrected chi connectivity index (χ0v) is 12.9. The molecule has 0 unspecified atom stereocenters. The lowest BCUT2D eigenvalue weighted by Crippen LogP contribution is -2.64. The lowest BCUT2D eigenvalue weighted by Gasteiger charge is -2.43. The van der Waals surface area contributed by atoms with Crippen LogP contribution in [0.5, 0.6) is 0 Å². The summed E-state index contributed by atoms with van der Waals surface area (Å²) < 4.78 is 15.6. The van der Waals surface area contributed by atoms with Crippen molar-refractivity contribution in [1.29, 1.82) is 0 Å². The third-order valence-electron chi connectivity index (χ3n) is 4.01. The van der Waals surface area contributed by atoms with Crippen molar-refractivity contribution in [3.8, 4) is 0 Å². The van der Waals surface area contributed by atoms with Gasteiger partial charge in [0.15, 0.2) is 12.6 Å². The zero-order chi connectivity index (χ0) is 18.0. The minimum atomic E-state index is -1.64. The molecule has 2 heterocycles. The lowest BCUT2D eigenvalue weighted by atomic mass is 9.98. The molecule has 0 spiro atoms. The highest BCUT2D eigenvalue weighted by molar-refractivity contribution is 5.73. The number of rotatable bonds is 4. The van der Waals surface area contributed by atoms with E-state index in [1.165, 1.54) is 6.92 Å². The Bertz CT molecular complexity index is 435. The Morgan fingerprint density at radius 1 is 1.12 bits per heavy atom. The number of hydrogen-bond donors (Lipinski definition) is 7. The monoisotopic (exact) mass is 353 g/mol. The number of aliphatic hydroxyl groups excluding tert-OH is 6. The first-order valence-corrected chi connectivity index (χ1v) is 7.47. The van der Waals surface area contributed by atoms with Crippen LogP contribution >= 0.6 is 0 Å². The summed E-state index contributed by atoms with van der Waals surface area (Å²) >= 11 is 0. The van der Waals surface area contributed by atoms with Crippen molar-refractivity contribution in [2.24, 2.45) is 0 Å². The topological polar surface area (TPSA) is 178 Å². The second-order valence-corrected chi connectivity index (χ2v) is 5.81. The fourth-order valence-electron chi connectivity index (χ4n) is 2.66. The molecule has 0 aromatic carbocycles. The SMILES string of the molecule is CC(=O)N[C@@H]1[C@@H](O)[C@H](O[C@@H]2O[C@H](CO)[C@H](O)[C@H](O)[C@H]2O)CO[C@H]1O. The molecule has 0 aromatic rings. The third-order valence-corrected chi connectivity index (χ3v) is 4.01. The number of aliphatic hydroxyl groups is 6. The zero-order valence-electron chi connectivity index (χ0n) is 12.9. The van der Waals surface area contributed by atoms with Crippen LogP contribution in [-0.2, 0) is 19.0 Å². The van der Waals surface area contributed by atoms with Gasteiger partial charge in [0.1, 0.15) is 42.7 Å². The molecule has 0 bridgehead atoms. The van der Waals surface area contributed by atoms with Gasteiger partial charge >= 0.3 is 0 Å². The molecule has 11 nitrogen and oxygen atoms in total. The van der Waals surface area contributed by atoms with Crippen molar-refractivity contribution in [2.75, 3.05) is 13.2 Å². The van der Waals surface area contributed by atoms with Gasteiger partial charge < -0.3 is 50.2 Å². The Labute approximate surface area is 137 Å². The summed E-state index contributed by atoms with van der Waals surface area (Å²) in [6, 6.07) is -1.16. The van der Waals surface area contributed by atoms with Gasteiger partial charge in [-0.25, -0.2) is 0 Å². The Morgan fingerprint density at radius 3 is 2.38 bits per heavy atom. The van der Waals surface area contributed by atoms with E-state index in [1.807, 2.05) is 0 Å². The number of carbonyl (C=O) groups excluding carboxylic acids is 1. The molecule has 2 aliphatic rings. The van der Waals surface area contributed by atoms with Gasteiger partial charge in [0, 0.05) is 6.92 Å². The molecule has 0 saturated carbocycles. The number of amides is 1. The van der Waals surface area contributed by atoms with Crippen LogP contribution in [0, 0.1) is 0 Å². The first-order chi connectivity index (χ1) is 11.3. The molecule has 2 aliphatic heterocycles. The maximum Gasteiger partial charge on any atom is 0.217 e. The normalized spacial score (nSPS) is 46.5. The molecule has 0 radical (unpaired) electrons. The number of hydrogen-bond acceptors (Lipinski definition) is 10. The van der Waals surface area contributed by atoms with E-state index in [1.54, 1.807) is 0 Å². The average Bonchev–Trinajstić information content (AvgIpc) is 2.54. The van der Waals surface area contributed by atoms with Gasteiger partial charge in [-0.3, -0.25) is 4.79 Å². The summed E-state index contributed by atoms with van der Waals surface area (Å²) in [5, 5.41) is 60.7. The first-order valence-electron chi connectivity index (χ1n) is 7.47. The minimum absolute atomic E-state index is 0.270. The van der Waals surface area contributed by atoms with E-state index < -0.39 is 67.8 Å². The summed E-state index contributed by atoms with van der Waals surface area (Å²) in [6.07, 6.45) is -11.4. The molecular formula is C13H23NO10. The fourth-order valence-corrected chi connectivity index (χ4v) is 2.66. The Hall–Kier alpha value is -0.890. The van der Waals surface area contributed by atoms with Gasteiger partial charge in [0.25, 0.3) is 0 Å². The molecular weight excluding hydrogens is 330 g/mol. The van der Waals surface area contributed by atoms with Crippen LogP contribution in [0.15, 0.2) is 0 Å². The molecule has 11 heteroatoms. The minimum Gasteiger partial charge on any atom is -0.394 e. The van der Waals surface area contributed by atoms with E-state index in [9.17, 15) is 30.3 Å². The Balaban J connectivity index is 2.04. The molecule has 2 fully saturated rings. The van der Waals surface area contributed by atoms with E-state index >= 15 is 0 Å². The lowest BCUT2D eigenvalue weighted by molar-refractivity contribution is -0.332. The molecule has 2 rings (SSSR count). The Morgan fingerprint density at radius 2 is 1.79 bits per heavy atom. The van der Waals surface area contributed by atoms with Crippen molar-refractivity contribution in [2.45, 2.75) is 62.2 Å². The van der Waals surface area contributed by atoms with Crippen molar-refractivity contribution in [1.82, 2.24) is 5.32 Å². The molecule has 9 atom stereocenters. The molecule has 24 heavy (non-hydrogen) atoms. The largest absolute Gasteiger partial charge is 0.394 e. The quantitative estimate of drug-likeness (QED) is 0.260. The smallest absolute Gasteiger partial charge is 0.217 e. The van der Waals surface area contributed by atoms with Gasteiger partial charge in [-0.15, -0.1) is 0 Å². The van der Waals surface area contributed by atoms with Crippen molar-refractivity contribution >= 4 is 5.91 Å². The van der Waals surface area contributed by atoms with Crippen molar-refractivity contribution < 1.29 is 49.6 Å². The fraction of sp³-hybridized carbons (Fsp3) is 0.923. The molecule has 0 aromatic heterocycles. The summed E-state index contributed by atoms with van der Waals surface area (Å²) in [5.74, 6) is -0.504. The van der Waals surface area contributed by atoms with E-state index in [-0.39, 0.29) is 6.61 Å². The van der Waals surface area contributed by atoms with Crippen LogP contribution in [-0.4, -0.2) is 105 Å². The van der Waals surface area contributed by atoms with Crippen molar-refractivity contribution in [3.05, 3.63) is 0 Å². The van der Waals surface area contributed by atoms with Crippen LogP contribution in [0.2, 0.25) is 0 Å². The molecule has 1 amide bonds. The van der Waals surface area contributed by atoms with Gasteiger partial charge in [-0.1, -0.05) is 0 Å². The molecule has 2 saturated heterocycles. The van der Waals surface area contributed by atoms with E-state index in [0.29, 0.717) is 0 Å². The Kier molecular flexibility index (Phi) is 6.47. The van der Waals surface area contributed by atoms with Crippen LogP contribution in [0.4, 0.5) is 0 Å². The highest BCUT2D eigenvalue weighted by Crippen LogP contribution is 2.25. The predicted octanol–water partition coefficient (Wildman–Crippen LogP) is -4.61. The maximum absolute atomic E-state index is 11.1. The highest BCUT2D eigenvalue weighted by Gasteiger charge is 2.47. The van der Waals surface area contributed by atoms with Crippen LogP contribution in [0.25, 0.3) is 0 Å². The van der Waals surface area contributed by atoms with Gasteiger partial charge in [-0.2, -0.15) is 0 Å². The highest BCUT2D eigenvalue weighted by atomic mass is 16.7. The van der Waals surface area contributed by atoms with Crippen LogP contribution in [0.3, 0.4) is 0 Å². The van der Waals surface area contributed by atoms with E-state index in [2.05, 4.69) is 5.32 Å². The van der Waals surface area contributed by atoms with Crippen LogP contribution < -0.4 is 5.32 Å². The second-order valence-electron chi connectivity index (χ2n) is 5.81. The standard InChI is InChI=1S/C13H23NO10/c1-4(16)14-7-8(17)6(3-22-12(7)21)24-13-11(20)10(19)9(18)5(2-15)23-13/h5-13,15,17-21H,2-3H2,1H3,(H,14,16)/t5-,6-,7-,8+,9+,10+,11-,12-,13+/m1/s1. The van der Waals surface area contributed by atoms with Gasteiger partial charge in [0.2, 0.25) is 5.91 Å². The van der Waals surface area contributed by atoms with Crippen molar-refractivity contribution in [3.63, 3.8) is 0 Å². The maximum atomic E-state index is 11.1. The summed E-state index contributed by atoms with van der Waals surface area (Å²) in [5.41, 5.74) is 0. The summed E-state index contributed by atoms with van der Waals surface area (Å²) in [4.78, 5) is 11.1. The molecule has 0 aliphatic carbocycles. The van der Waals surface area contributed by atoms with E-state index in [4.69, 9.17) is 19.3 Å². The molecule has 140 valence electrons. The number of carbonyl (C=O) groups is 1. The number of ether oxygens (including phenoxy) is 3. The third kappa shape index (κ3) is 4.02. The van der Waals surface area contributed by atoms with Crippen LogP contribution in [0.1, 0.15) is 6.92 Å². The van der Waals surface area contributed by atoms with E-state index in [0.717, 1.165) is 0 Å². The summed E-state index contributed by atoms with van der Waals surface area (Å²) in [7, 11) is 0. The first kappa shape index (κ1) is 19.4. The van der Waals surface area contributed by atoms with Gasteiger partial charge in [-0.05, 0) is 0 Å². The number of nitrogens with one attached hydrogen (secondary N) is 1. The van der Waals surface area contributed by atoms with Gasteiger partial charge in [0.05, 0.1) is 13.2 Å². The molecule has 7 N–H and O–H groups in total. The predicted molar refractivity (Wildman–Crippen MR) is 74.2 cm³/mol. The second kappa shape index (κ2) is 7.99.